The number of aromatic nitrogens is 1. The van der Waals surface area contributed by atoms with E-state index in [1.165, 1.54) is 0 Å². The number of aromatic amines is 1. The lowest BCUT2D eigenvalue weighted by molar-refractivity contribution is -0.193. The molecule has 0 radical (unpaired) electrons. The number of carbonyl (C=O) groups is 2. The van der Waals surface area contributed by atoms with E-state index in [0.717, 1.165) is 51.4 Å². The maximum atomic E-state index is 11.6. The van der Waals surface area contributed by atoms with E-state index in [1.807, 2.05) is 12.1 Å². The Balaban J connectivity index is 0.000000570. The number of carboxylic acids is 2. The first-order valence-corrected chi connectivity index (χ1v) is 8.89. The van der Waals surface area contributed by atoms with Crippen molar-refractivity contribution < 1.29 is 50.9 Å². The molecule has 9 nitrogen and oxygen atoms in total. The molecule has 0 spiro atoms. The fourth-order valence-corrected chi connectivity index (χ4v) is 2.21. The third-order valence-electron chi connectivity index (χ3n) is 3.86. The number of nitrogens with zero attached hydrogens (tertiary/aromatic N) is 2. The third kappa shape index (κ3) is 12.9. The second kappa shape index (κ2) is 13.7. The Morgan fingerprint density at radius 1 is 1.00 bits per heavy atom. The number of methoxy groups -OCH3 is 1. The van der Waals surface area contributed by atoms with Crippen LogP contribution in [0.3, 0.4) is 0 Å². The number of carboxylic acid groups (broad SMARTS) is 2. The number of ether oxygens (including phenoxy) is 1. The number of alkyl halides is 6. The van der Waals surface area contributed by atoms with E-state index in [-0.39, 0.29) is 5.56 Å². The zero-order valence-electron chi connectivity index (χ0n) is 16.9. The predicted molar refractivity (Wildman–Crippen MR) is 98.0 cm³/mol. The molecule has 1 aliphatic rings. The van der Waals surface area contributed by atoms with Crippen molar-refractivity contribution in [3.05, 3.63) is 34.2 Å². The van der Waals surface area contributed by atoms with Gasteiger partial charge < -0.3 is 19.9 Å². The molecule has 1 saturated heterocycles. The molecule has 0 unspecified atom stereocenters. The second-order valence-corrected chi connectivity index (χ2v) is 6.24. The van der Waals surface area contributed by atoms with Crippen LogP contribution < -0.4 is 5.56 Å². The molecule has 1 aromatic rings. The van der Waals surface area contributed by atoms with E-state index in [2.05, 4.69) is 14.8 Å². The van der Waals surface area contributed by atoms with E-state index in [0.29, 0.717) is 0 Å². The zero-order valence-corrected chi connectivity index (χ0v) is 16.9. The first-order chi connectivity index (χ1) is 14.7. The Morgan fingerprint density at radius 2 is 1.44 bits per heavy atom. The molecule has 0 amide bonds. The van der Waals surface area contributed by atoms with Gasteiger partial charge in [0.25, 0.3) is 5.56 Å². The molecule has 3 N–H and O–H groups in total. The number of hydrogen-bond donors (Lipinski definition) is 3. The van der Waals surface area contributed by atoms with Crippen LogP contribution in [0, 0.1) is 0 Å². The molecule has 1 fully saturated rings. The summed E-state index contributed by atoms with van der Waals surface area (Å²) in [5.41, 5.74) is 0.877. The number of nitrogens with one attached hydrogen (secondary N) is 1. The van der Waals surface area contributed by atoms with Crippen molar-refractivity contribution in [1.29, 1.82) is 0 Å². The van der Waals surface area contributed by atoms with Crippen LogP contribution in [0.5, 0.6) is 0 Å². The summed E-state index contributed by atoms with van der Waals surface area (Å²) in [6, 6.07) is 3.78. The summed E-state index contributed by atoms with van der Waals surface area (Å²) < 4.78 is 68.6. The first kappa shape index (κ1) is 29.4. The van der Waals surface area contributed by atoms with E-state index >= 15 is 0 Å². The molecule has 2 rings (SSSR count). The van der Waals surface area contributed by atoms with Crippen molar-refractivity contribution in [3.63, 3.8) is 0 Å². The number of piperazine rings is 1. The minimum atomic E-state index is -5.08. The average molecular weight is 479 g/mol. The van der Waals surface area contributed by atoms with Crippen LogP contribution in [-0.2, 0) is 20.9 Å². The molecule has 1 aromatic heterocycles. The maximum absolute atomic E-state index is 11.6. The van der Waals surface area contributed by atoms with E-state index in [4.69, 9.17) is 24.5 Å². The molecular weight excluding hydrogens is 456 g/mol. The highest BCUT2D eigenvalue weighted by Crippen LogP contribution is 2.13. The van der Waals surface area contributed by atoms with Crippen molar-refractivity contribution in [1.82, 2.24) is 14.8 Å². The van der Waals surface area contributed by atoms with Crippen molar-refractivity contribution in [3.8, 4) is 0 Å². The molecular formula is C17H23F6N3O6. The van der Waals surface area contributed by atoms with Crippen molar-refractivity contribution in [2.75, 3.05) is 46.4 Å². The average Bonchev–Trinajstić information content (AvgIpc) is 2.69. The van der Waals surface area contributed by atoms with Gasteiger partial charge in [-0.2, -0.15) is 26.3 Å². The molecule has 0 aromatic carbocycles. The van der Waals surface area contributed by atoms with Crippen LogP contribution >= 0.6 is 0 Å². The van der Waals surface area contributed by atoms with E-state index in [1.54, 1.807) is 13.3 Å². The fourth-order valence-electron chi connectivity index (χ4n) is 2.21. The highest BCUT2D eigenvalue weighted by Gasteiger charge is 2.38. The largest absolute Gasteiger partial charge is 0.490 e. The van der Waals surface area contributed by atoms with Gasteiger partial charge in [0.1, 0.15) is 0 Å². The summed E-state index contributed by atoms with van der Waals surface area (Å²) in [5.74, 6) is -5.51. The van der Waals surface area contributed by atoms with Gasteiger partial charge in [0.2, 0.25) is 0 Å². The standard InChI is InChI=1S/C13H21N3O2.2C2HF3O2/c1-18-10-9-15-5-7-16(8-6-15)11-12-3-2-4-14-13(12)17;2*3-2(4,5)1(6)7/h2-4H,5-11H2,1H3,(H,14,17);2*(H,6,7). The summed E-state index contributed by atoms with van der Waals surface area (Å²) in [7, 11) is 1.73. The SMILES string of the molecule is COCCN1CCN(Cc2ccc[nH]c2=O)CC1.O=C(O)C(F)(F)F.O=C(O)C(F)(F)F. The van der Waals surface area contributed by atoms with Gasteiger partial charge in [0, 0.05) is 58.1 Å². The van der Waals surface area contributed by atoms with Gasteiger partial charge in [-0.1, -0.05) is 6.07 Å². The summed E-state index contributed by atoms with van der Waals surface area (Å²) in [4.78, 5) is 36.8. The van der Waals surface area contributed by atoms with E-state index < -0.39 is 24.3 Å². The smallest absolute Gasteiger partial charge is 0.475 e. The normalized spacial score (nSPS) is 15.1. The summed E-state index contributed by atoms with van der Waals surface area (Å²) in [5, 5.41) is 14.2. The van der Waals surface area contributed by atoms with Crippen molar-refractivity contribution in [2.24, 2.45) is 0 Å². The summed E-state index contributed by atoms with van der Waals surface area (Å²) in [6.07, 6.45) is -8.49. The van der Waals surface area contributed by atoms with Crippen LogP contribution in [-0.4, -0.2) is 95.7 Å². The lowest BCUT2D eigenvalue weighted by Gasteiger charge is -2.34. The van der Waals surface area contributed by atoms with Gasteiger partial charge in [-0.05, 0) is 6.07 Å². The first-order valence-electron chi connectivity index (χ1n) is 8.89. The third-order valence-corrected chi connectivity index (χ3v) is 3.86. The second-order valence-electron chi connectivity index (χ2n) is 6.24. The molecule has 32 heavy (non-hydrogen) atoms. The Bertz CT molecular complexity index is 736. The molecule has 0 bridgehead atoms. The molecule has 0 saturated carbocycles. The number of hydrogen-bond acceptors (Lipinski definition) is 6. The number of aliphatic carboxylic acids is 2. The zero-order chi connectivity index (χ0) is 24.9. The Kier molecular flexibility index (Phi) is 12.6. The monoisotopic (exact) mass is 479 g/mol. The molecule has 0 atom stereocenters. The van der Waals surface area contributed by atoms with Crippen LogP contribution in [0.1, 0.15) is 5.56 Å². The molecule has 2 heterocycles. The van der Waals surface area contributed by atoms with Gasteiger partial charge in [-0.25, -0.2) is 9.59 Å². The highest BCUT2D eigenvalue weighted by molar-refractivity contribution is 5.73. The van der Waals surface area contributed by atoms with Crippen LogP contribution in [0.2, 0.25) is 0 Å². The number of pyridine rings is 1. The highest BCUT2D eigenvalue weighted by atomic mass is 19.4. The maximum Gasteiger partial charge on any atom is 0.490 e. The quantitative estimate of drug-likeness (QED) is 0.542. The van der Waals surface area contributed by atoms with Crippen LogP contribution in [0.25, 0.3) is 0 Å². The minimum Gasteiger partial charge on any atom is -0.475 e. The van der Waals surface area contributed by atoms with Crippen LogP contribution in [0.15, 0.2) is 23.1 Å². The number of halogens is 6. The Morgan fingerprint density at radius 3 is 1.81 bits per heavy atom. The molecule has 184 valence electrons. The van der Waals surface area contributed by atoms with Gasteiger partial charge in [-0.3, -0.25) is 14.6 Å². The summed E-state index contributed by atoms with van der Waals surface area (Å²) >= 11 is 0. The summed E-state index contributed by atoms with van der Waals surface area (Å²) in [6.45, 7) is 6.65. The lowest BCUT2D eigenvalue weighted by atomic mass is 10.2. The van der Waals surface area contributed by atoms with Gasteiger partial charge in [-0.15, -0.1) is 0 Å². The lowest BCUT2D eigenvalue weighted by Crippen LogP contribution is -2.47. The van der Waals surface area contributed by atoms with Gasteiger partial charge in [0.05, 0.1) is 6.61 Å². The van der Waals surface area contributed by atoms with Gasteiger partial charge in [0.15, 0.2) is 0 Å². The molecule has 15 heteroatoms. The Hall–Kier alpha value is -2.65. The number of H-pyrrole nitrogens is 1. The fraction of sp³-hybridized carbons (Fsp3) is 0.588. The van der Waals surface area contributed by atoms with Crippen molar-refractivity contribution >= 4 is 11.9 Å². The predicted octanol–water partition coefficient (Wildman–Crippen LogP) is 1.41. The minimum absolute atomic E-state index is 0.0271. The van der Waals surface area contributed by atoms with E-state index in [9.17, 15) is 31.1 Å². The van der Waals surface area contributed by atoms with Crippen LogP contribution in [0.4, 0.5) is 26.3 Å². The molecule has 0 aliphatic carbocycles. The van der Waals surface area contributed by atoms with Crippen molar-refractivity contribution in [2.45, 2.75) is 18.9 Å². The van der Waals surface area contributed by atoms with Gasteiger partial charge >= 0.3 is 24.3 Å². The molecule has 1 aliphatic heterocycles. The number of rotatable bonds is 5. The Labute approximate surface area is 178 Å². The topological polar surface area (TPSA) is 123 Å².